The zero-order chi connectivity index (χ0) is 19.4. The molecule has 0 aliphatic rings. The molecule has 3 rings (SSSR count). The van der Waals surface area contributed by atoms with E-state index in [1.807, 2.05) is 45.0 Å². The second kappa shape index (κ2) is 8.69. The lowest BCUT2D eigenvalue weighted by Gasteiger charge is -2.30. The summed E-state index contributed by atoms with van der Waals surface area (Å²) in [4.78, 5) is 8.02. The lowest BCUT2D eigenvalue weighted by molar-refractivity contribution is 0.171. The summed E-state index contributed by atoms with van der Waals surface area (Å²) in [6, 6.07) is 7.57. The molecule has 0 bridgehead atoms. The number of rotatable bonds is 9. The van der Waals surface area contributed by atoms with E-state index in [0.717, 1.165) is 16.2 Å². The number of aromatic nitrogens is 3. The molecular weight excluding hydrogens is 364 g/mol. The molecule has 8 heteroatoms. The minimum atomic E-state index is -0.261. The van der Waals surface area contributed by atoms with Gasteiger partial charge in [0.2, 0.25) is 10.8 Å². The quantitative estimate of drug-likeness (QED) is 0.585. The van der Waals surface area contributed by atoms with E-state index < -0.39 is 0 Å². The minimum absolute atomic E-state index is 0.0304. The van der Waals surface area contributed by atoms with Crippen LogP contribution in [0.1, 0.15) is 43.1 Å². The van der Waals surface area contributed by atoms with E-state index in [1.54, 1.807) is 0 Å². The van der Waals surface area contributed by atoms with Gasteiger partial charge in [-0.15, -0.1) is 5.10 Å². The normalized spacial score (nSPS) is 12.8. The first-order valence-electron chi connectivity index (χ1n) is 9.28. The number of fused-ring (bicyclic) bond motifs is 1. The summed E-state index contributed by atoms with van der Waals surface area (Å²) in [5, 5.41) is 24.8. The molecule has 0 aliphatic heterocycles. The van der Waals surface area contributed by atoms with Crippen LogP contribution in [0.3, 0.4) is 0 Å². The number of likely N-dealkylation sites (N-methyl/N-ethyl adjacent to an activating group) is 1. The summed E-state index contributed by atoms with van der Waals surface area (Å²) in [5.74, 6) is 1.57. The Labute approximate surface area is 162 Å². The molecule has 0 saturated carbocycles. The first-order chi connectivity index (χ1) is 13.1. The number of benzene rings is 1. The molecule has 3 aromatic rings. The maximum Gasteiger partial charge on any atom is 0.230 e. The van der Waals surface area contributed by atoms with Crippen molar-refractivity contribution in [2.75, 3.05) is 26.3 Å². The highest BCUT2D eigenvalue weighted by Crippen LogP contribution is 2.42. The molecule has 1 unspecified atom stereocenters. The van der Waals surface area contributed by atoms with Crippen LogP contribution in [0.25, 0.3) is 4.96 Å². The summed E-state index contributed by atoms with van der Waals surface area (Å²) < 4.78 is 7.34. The Hall–Kier alpha value is -2.16. The highest BCUT2D eigenvalue weighted by molar-refractivity contribution is 7.17. The van der Waals surface area contributed by atoms with Crippen LogP contribution in [0.15, 0.2) is 24.3 Å². The first kappa shape index (κ1) is 19.6. The molecule has 0 radical (unpaired) electrons. The lowest BCUT2D eigenvalue weighted by Crippen LogP contribution is -2.32. The maximum absolute atomic E-state index is 10.9. The molecule has 2 N–H and O–H groups in total. The van der Waals surface area contributed by atoms with Gasteiger partial charge < -0.3 is 14.9 Å². The van der Waals surface area contributed by atoms with Gasteiger partial charge >= 0.3 is 0 Å². The number of nitrogens with zero attached hydrogens (tertiary/aromatic N) is 4. The van der Waals surface area contributed by atoms with Gasteiger partial charge in [0, 0.05) is 18.5 Å². The number of aliphatic hydroxyl groups excluding tert-OH is 1. The van der Waals surface area contributed by atoms with Crippen LogP contribution < -0.4 is 4.74 Å². The van der Waals surface area contributed by atoms with Crippen LogP contribution in [-0.2, 0) is 6.42 Å². The van der Waals surface area contributed by atoms with Gasteiger partial charge in [0.15, 0.2) is 5.82 Å². The third-order valence-electron chi connectivity index (χ3n) is 4.48. The van der Waals surface area contributed by atoms with Crippen LogP contribution >= 0.6 is 11.3 Å². The molecule has 0 fully saturated rings. The summed E-state index contributed by atoms with van der Waals surface area (Å²) >= 11 is 1.42. The number of aliphatic hydroxyl groups is 1. The standard InChI is InChI=1S/C19H26N4O3S/c1-4-15-20-19-23(21-15)18(25)17(27-19)16(22(5-2)11-12-24)13-9-7-8-10-14(13)26-6-3/h7-10,16,24-25H,4-6,11-12H2,1-3H3. The average Bonchev–Trinajstić information content (AvgIpc) is 3.22. The summed E-state index contributed by atoms with van der Waals surface area (Å²) in [7, 11) is 0. The Morgan fingerprint density at radius 3 is 2.67 bits per heavy atom. The maximum atomic E-state index is 10.9. The van der Waals surface area contributed by atoms with E-state index in [2.05, 4.69) is 15.0 Å². The fraction of sp³-hybridized carbons (Fsp3) is 0.474. The zero-order valence-electron chi connectivity index (χ0n) is 15.9. The Balaban J connectivity index is 2.16. The molecule has 1 atom stereocenters. The zero-order valence-corrected chi connectivity index (χ0v) is 16.7. The van der Waals surface area contributed by atoms with Crippen molar-refractivity contribution in [2.24, 2.45) is 0 Å². The molecule has 1 aromatic carbocycles. The van der Waals surface area contributed by atoms with E-state index in [-0.39, 0.29) is 18.5 Å². The predicted molar refractivity (Wildman–Crippen MR) is 106 cm³/mol. The number of ether oxygens (including phenoxy) is 1. The van der Waals surface area contributed by atoms with Gasteiger partial charge in [0.25, 0.3) is 0 Å². The number of aryl methyl sites for hydroxylation is 1. The summed E-state index contributed by atoms with van der Waals surface area (Å²) in [6.45, 7) is 7.74. The van der Waals surface area contributed by atoms with Crippen molar-refractivity contribution >= 4 is 16.3 Å². The van der Waals surface area contributed by atoms with E-state index in [1.165, 1.54) is 15.9 Å². The Morgan fingerprint density at radius 2 is 2.04 bits per heavy atom. The molecule has 2 heterocycles. The topological polar surface area (TPSA) is 83.1 Å². The van der Waals surface area contributed by atoms with Gasteiger partial charge in [-0.05, 0) is 19.5 Å². The fourth-order valence-corrected chi connectivity index (χ4v) is 4.34. The molecule has 27 heavy (non-hydrogen) atoms. The van der Waals surface area contributed by atoms with E-state index in [9.17, 15) is 10.2 Å². The number of hydrogen-bond donors (Lipinski definition) is 2. The van der Waals surface area contributed by atoms with Crippen LogP contribution in [0.5, 0.6) is 11.6 Å². The van der Waals surface area contributed by atoms with Crippen LogP contribution in [0, 0.1) is 0 Å². The third kappa shape index (κ3) is 3.78. The van der Waals surface area contributed by atoms with E-state index in [4.69, 9.17) is 4.74 Å². The van der Waals surface area contributed by atoms with Crippen molar-refractivity contribution in [2.45, 2.75) is 33.2 Å². The van der Waals surface area contributed by atoms with Gasteiger partial charge in [-0.1, -0.05) is 43.4 Å². The Bertz CT molecular complexity index is 892. The van der Waals surface area contributed by atoms with Crippen molar-refractivity contribution in [1.82, 2.24) is 19.5 Å². The van der Waals surface area contributed by atoms with Crippen LogP contribution in [0.2, 0.25) is 0 Å². The second-order valence-corrected chi connectivity index (χ2v) is 7.10. The third-order valence-corrected chi connectivity index (χ3v) is 5.55. The molecule has 0 amide bonds. The van der Waals surface area contributed by atoms with E-state index >= 15 is 0 Å². The molecule has 0 saturated heterocycles. The Morgan fingerprint density at radius 1 is 1.26 bits per heavy atom. The number of aromatic hydroxyl groups is 1. The predicted octanol–water partition coefficient (Wildman–Crippen LogP) is 2.86. The van der Waals surface area contributed by atoms with Crippen LogP contribution in [0.4, 0.5) is 0 Å². The van der Waals surface area contributed by atoms with Gasteiger partial charge in [-0.3, -0.25) is 4.90 Å². The highest BCUT2D eigenvalue weighted by atomic mass is 32.1. The van der Waals surface area contributed by atoms with Gasteiger partial charge in [0.05, 0.1) is 24.1 Å². The fourth-order valence-electron chi connectivity index (χ4n) is 3.21. The van der Waals surface area contributed by atoms with Crippen molar-refractivity contribution < 1.29 is 14.9 Å². The smallest absolute Gasteiger partial charge is 0.230 e. The number of hydrogen-bond acceptors (Lipinski definition) is 7. The van der Waals surface area contributed by atoms with Crippen molar-refractivity contribution in [3.8, 4) is 11.6 Å². The molecule has 0 spiro atoms. The molecule has 146 valence electrons. The number of thiazole rings is 1. The molecular formula is C19H26N4O3S. The molecule has 0 aliphatic carbocycles. The minimum Gasteiger partial charge on any atom is -0.494 e. The Kier molecular flexibility index (Phi) is 6.30. The van der Waals surface area contributed by atoms with Gasteiger partial charge in [0.1, 0.15) is 5.75 Å². The second-order valence-electron chi connectivity index (χ2n) is 6.09. The molecule has 2 aromatic heterocycles. The average molecular weight is 391 g/mol. The molecule has 7 nitrogen and oxygen atoms in total. The lowest BCUT2D eigenvalue weighted by atomic mass is 10.0. The summed E-state index contributed by atoms with van der Waals surface area (Å²) in [6.07, 6.45) is 0.714. The SMILES string of the molecule is CCOc1ccccc1C(c1sc2nc(CC)nn2c1O)N(CC)CCO. The first-order valence-corrected chi connectivity index (χ1v) is 10.1. The summed E-state index contributed by atoms with van der Waals surface area (Å²) in [5.41, 5.74) is 0.949. The largest absolute Gasteiger partial charge is 0.494 e. The highest BCUT2D eigenvalue weighted by Gasteiger charge is 2.30. The van der Waals surface area contributed by atoms with Crippen molar-refractivity contribution in [1.29, 1.82) is 0 Å². The van der Waals surface area contributed by atoms with Gasteiger partial charge in [-0.25, -0.2) is 4.98 Å². The van der Waals surface area contributed by atoms with E-state index in [0.29, 0.717) is 36.9 Å². The van der Waals surface area contributed by atoms with Crippen molar-refractivity contribution in [3.05, 3.63) is 40.5 Å². The van der Waals surface area contributed by atoms with Crippen LogP contribution in [-0.4, -0.2) is 56.0 Å². The number of para-hydroxylation sites is 1. The monoisotopic (exact) mass is 390 g/mol. The van der Waals surface area contributed by atoms with Crippen molar-refractivity contribution in [3.63, 3.8) is 0 Å². The van der Waals surface area contributed by atoms with Gasteiger partial charge in [-0.2, -0.15) is 4.52 Å².